The topological polar surface area (TPSA) is 64.1 Å². The summed E-state index contributed by atoms with van der Waals surface area (Å²) >= 11 is 0.968. The highest BCUT2D eigenvalue weighted by Gasteiger charge is 2.18. The van der Waals surface area contributed by atoms with Crippen LogP contribution >= 0.6 is 11.5 Å². The highest BCUT2D eigenvalue weighted by Crippen LogP contribution is 2.25. The second-order valence-electron chi connectivity index (χ2n) is 3.28. The number of halogens is 1. The van der Waals surface area contributed by atoms with Crippen LogP contribution in [0.2, 0.25) is 0 Å². The molecule has 0 amide bonds. The van der Waals surface area contributed by atoms with Crippen LogP contribution in [-0.2, 0) is 4.74 Å². The Hall–Kier alpha value is -2.02. The van der Waals surface area contributed by atoms with Crippen LogP contribution in [0, 0.1) is 5.82 Å². The normalized spacial score (nSPS) is 10.1. The second-order valence-corrected chi connectivity index (χ2v) is 4.03. The van der Waals surface area contributed by atoms with Crippen LogP contribution in [-0.4, -0.2) is 22.2 Å². The highest BCUT2D eigenvalue weighted by atomic mass is 32.1. The van der Waals surface area contributed by atoms with Crippen LogP contribution in [0.15, 0.2) is 24.3 Å². The maximum absolute atomic E-state index is 13.4. The maximum atomic E-state index is 13.4. The molecule has 0 saturated heterocycles. The van der Waals surface area contributed by atoms with Crippen molar-refractivity contribution in [3.63, 3.8) is 0 Å². The van der Waals surface area contributed by atoms with E-state index in [0.29, 0.717) is 5.00 Å². The molecule has 0 aliphatic carbocycles. The molecule has 18 heavy (non-hydrogen) atoms. The van der Waals surface area contributed by atoms with Crippen LogP contribution < -0.4 is 5.32 Å². The lowest BCUT2D eigenvalue weighted by Crippen LogP contribution is -2.07. The summed E-state index contributed by atoms with van der Waals surface area (Å²) in [6.45, 7) is 1.94. The lowest BCUT2D eigenvalue weighted by molar-refractivity contribution is 0.0520. The van der Waals surface area contributed by atoms with Gasteiger partial charge in [0.1, 0.15) is 10.8 Å². The summed E-state index contributed by atoms with van der Waals surface area (Å²) in [6.07, 6.45) is 0. The van der Waals surface area contributed by atoms with Gasteiger partial charge in [-0.3, -0.25) is 0 Å². The monoisotopic (exact) mass is 267 g/mol. The molecule has 2 rings (SSSR count). The van der Waals surface area contributed by atoms with Gasteiger partial charge in [-0.1, -0.05) is 16.6 Å². The van der Waals surface area contributed by atoms with E-state index in [-0.39, 0.29) is 18.0 Å². The fourth-order valence-corrected chi connectivity index (χ4v) is 1.86. The molecule has 7 heteroatoms. The first-order chi connectivity index (χ1) is 8.72. The number of anilines is 2. The van der Waals surface area contributed by atoms with Gasteiger partial charge >= 0.3 is 5.97 Å². The fourth-order valence-electron chi connectivity index (χ4n) is 1.29. The lowest BCUT2D eigenvalue weighted by Gasteiger charge is -2.05. The Labute approximate surface area is 107 Å². The third-order valence-electron chi connectivity index (χ3n) is 2.08. The predicted octanol–water partition coefficient (Wildman–Crippen LogP) is 2.60. The average molecular weight is 267 g/mol. The highest BCUT2D eigenvalue weighted by molar-refractivity contribution is 7.10. The van der Waals surface area contributed by atoms with E-state index in [1.165, 1.54) is 6.07 Å². The molecule has 0 radical (unpaired) electrons. The van der Waals surface area contributed by atoms with Crippen LogP contribution in [0.5, 0.6) is 0 Å². The van der Waals surface area contributed by atoms with Crippen LogP contribution in [0.25, 0.3) is 0 Å². The number of rotatable bonds is 4. The molecule has 1 aromatic carbocycles. The summed E-state index contributed by atoms with van der Waals surface area (Å²) < 4.78 is 21.9. The van der Waals surface area contributed by atoms with Crippen molar-refractivity contribution in [2.45, 2.75) is 6.92 Å². The number of nitrogens with one attached hydrogen (secondary N) is 1. The van der Waals surface area contributed by atoms with E-state index in [1.807, 2.05) is 0 Å². The number of esters is 1. The predicted molar refractivity (Wildman–Crippen MR) is 65.5 cm³/mol. The molecule has 0 atom stereocenters. The zero-order chi connectivity index (χ0) is 13.0. The van der Waals surface area contributed by atoms with Gasteiger partial charge in [0.05, 0.1) is 12.3 Å². The first-order valence-corrected chi connectivity index (χ1v) is 6.00. The minimum absolute atomic E-state index is 0.0603. The smallest absolute Gasteiger partial charge is 0.362 e. The Kier molecular flexibility index (Phi) is 3.83. The van der Waals surface area contributed by atoms with Gasteiger partial charge < -0.3 is 10.1 Å². The van der Waals surface area contributed by atoms with Gasteiger partial charge in [-0.05, 0) is 19.1 Å². The molecule has 94 valence electrons. The molecule has 1 N–H and O–H groups in total. The molecule has 0 spiro atoms. The van der Waals surface area contributed by atoms with E-state index in [0.717, 1.165) is 11.5 Å². The van der Waals surface area contributed by atoms with E-state index >= 15 is 0 Å². The number of carbonyl (C=O) groups excluding carboxylic acids is 1. The van der Waals surface area contributed by atoms with Crippen LogP contribution in [0.3, 0.4) is 0 Å². The Morgan fingerprint density at radius 1 is 1.50 bits per heavy atom. The minimum atomic E-state index is -0.579. The van der Waals surface area contributed by atoms with Crippen molar-refractivity contribution in [2.75, 3.05) is 11.9 Å². The van der Waals surface area contributed by atoms with Crippen molar-refractivity contribution < 1.29 is 13.9 Å². The fraction of sp³-hybridized carbons (Fsp3) is 0.182. The summed E-state index contributed by atoms with van der Waals surface area (Å²) in [5.74, 6) is -0.995. The average Bonchev–Trinajstić information content (AvgIpc) is 2.81. The van der Waals surface area contributed by atoms with Crippen molar-refractivity contribution in [3.05, 3.63) is 35.8 Å². The molecule has 0 fully saturated rings. The van der Waals surface area contributed by atoms with E-state index < -0.39 is 11.8 Å². The number of benzene rings is 1. The van der Waals surface area contributed by atoms with E-state index in [2.05, 4.69) is 14.9 Å². The van der Waals surface area contributed by atoms with Gasteiger partial charge in [-0.15, -0.1) is 5.10 Å². The third kappa shape index (κ3) is 2.62. The van der Waals surface area contributed by atoms with Gasteiger partial charge in [-0.2, -0.15) is 0 Å². The largest absolute Gasteiger partial charge is 0.461 e. The van der Waals surface area contributed by atoms with Gasteiger partial charge in [0.15, 0.2) is 0 Å². The van der Waals surface area contributed by atoms with Crippen LogP contribution in [0.4, 0.5) is 15.1 Å². The van der Waals surface area contributed by atoms with Crippen molar-refractivity contribution >= 4 is 28.2 Å². The Morgan fingerprint density at radius 2 is 2.28 bits per heavy atom. The van der Waals surface area contributed by atoms with Crippen molar-refractivity contribution in [1.29, 1.82) is 0 Å². The molecule has 0 unspecified atom stereocenters. The first-order valence-electron chi connectivity index (χ1n) is 5.23. The molecular formula is C11H10FN3O2S. The lowest BCUT2D eigenvalue weighted by atomic mass is 10.3. The third-order valence-corrected chi connectivity index (χ3v) is 2.72. The molecule has 0 aliphatic heterocycles. The zero-order valence-corrected chi connectivity index (χ0v) is 10.3. The first kappa shape index (κ1) is 12.4. The summed E-state index contributed by atoms with van der Waals surface area (Å²) in [4.78, 5) is 11.5. The maximum Gasteiger partial charge on any atom is 0.362 e. The van der Waals surface area contributed by atoms with Gasteiger partial charge in [0.25, 0.3) is 0 Å². The molecule has 0 saturated carbocycles. The number of hydrogen-bond acceptors (Lipinski definition) is 6. The minimum Gasteiger partial charge on any atom is -0.461 e. The Balaban J connectivity index is 2.23. The van der Waals surface area contributed by atoms with Gasteiger partial charge in [0.2, 0.25) is 5.69 Å². The van der Waals surface area contributed by atoms with E-state index in [1.54, 1.807) is 25.1 Å². The van der Waals surface area contributed by atoms with Crippen molar-refractivity contribution in [3.8, 4) is 0 Å². The number of nitrogens with zero attached hydrogens (tertiary/aromatic N) is 2. The van der Waals surface area contributed by atoms with Gasteiger partial charge in [-0.25, -0.2) is 9.18 Å². The Morgan fingerprint density at radius 3 is 3.00 bits per heavy atom. The SMILES string of the molecule is CCOC(=O)c1nnsc1Nc1ccccc1F. The number of ether oxygens (including phenoxy) is 1. The quantitative estimate of drug-likeness (QED) is 0.863. The number of hydrogen-bond donors (Lipinski definition) is 1. The van der Waals surface area contributed by atoms with Crippen molar-refractivity contribution in [1.82, 2.24) is 9.59 Å². The molecule has 1 aromatic heterocycles. The molecule has 5 nitrogen and oxygen atoms in total. The summed E-state index contributed by atoms with van der Waals surface area (Å²) in [5, 5.41) is 6.81. The molecule has 0 bridgehead atoms. The number of carbonyl (C=O) groups is 1. The molecule has 0 aliphatic rings. The van der Waals surface area contributed by atoms with Crippen molar-refractivity contribution in [2.24, 2.45) is 0 Å². The van der Waals surface area contributed by atoms with Crippen LogP contribution in [0.1, 0.15) is 17.4 Å². The molecular weight excluding hydrogens is 257 g/mol. The summed E-state index contributed by atoms with van der Waals surface area (Å²) in [7, 11) is 0. The van der Waals surface area contributed by atoms with E-state index in [4.69, 9.17) is 4.74 Å². The molecule has 1 heterocycles. The number of aromatic nitrogens is 2. The summed E-state index contributed by atoms with van der Waals surface area (Å²) in [6, 6.07) is 6.15. The van der Waals surface area contributed by atoms with E-state index in [9.17, 15) is 9.18 Å². The zero-order valence-electron chi connectivity index (χ0n) is 9.51. The van der Waals surface area contributed by atoms with Gasteiger partial charge in [0, 0.05) is 11.5 Å². The standard InChI is InChI=1S/C11H10FN3O2S/c1-2-17-11(16)9-10(18-15-14-9)13-8-6-4-3-5-7(8)12/h3-6,13H,2H2,1H3. The molecule has 2 aromatic rings. The summed E-state index contributed by atoms with van der Waals surface area (Å²) in [5.41, 5.74) is 0.319. The number of para-hydroxylation sites is 1. The Bertz CT molecular complexity index is 559. The second kappa shape index (κ2) is 5.54.